The van der Waals surface area contributed by atoms with Crippen LogP contribution in [0.15, 0.2) is 27.1 Å². The Morgan fingerprint density at radius 1 is 1.37 bits per heavy atom. The lowest BCUT2D eigenvalue weighted by Gasteiger charge is -2.08. The van der Waals surface area contributed by atoms with E-state index < -0.39 is 0 Å². The number of rotatable bonds is 6. The Morgan fingerprint density at radius 2 is 2.21 bits per heavy atom. The Hall–Kier alpha value is -0.660. The fourth-order valence-electron chi connectivity index (χ4n) is 1.41. The van der Waals surface area contributed by atoms with Gasteiger partial charge in [-0.2, -0.15) is 0 Å². The fourth-order valence-corrected chi connectivity index (χ4v) is 3.17. The summed E-state index contributed by atoms with van der Waals surface area (Å²) in [5.74, 6) is 0.789. The van der Waals surface area contributed by atoms with E-state index in [4.69, 9.17) is 4.74 Å². The van der Waals surface area contributed by atoms with Gasteiger partial charge in [-0.3, -0.25) is 0 Å². The maximum atomic E-state index is 5.75. The average molecular weight is 407 g/mol. The second-order valence-corrected chi connectivity index (χ2v) is 6.36. The molecule has 1 heterocycles. The van der Waals surface area contributed by atoms with E-state index in [1.807, 2.05) is 18.2 Å². The Morgan fingerprint density at radius 3 is 2.95 bits per heavy atom. The third-order valence-corrected chi connectivity index (χ3v) is 4.19. The van der Waals surface area contributed by atoms with Crippen molar-refractivity contribution in [2.75, 3.05) is 11.9 Å². The summed E-state index contributed by atoms with van der Waals surface area (Å²) in [5, 5.41) is 8.37. The molecule has 0 spiro atoms. The fraction of sp³-hybridized carbons (Fsp3) is 0.333. The zero-order chi connectivity index (χ0) is 13.7. The van der Waals surface area contributed by atoms with Gasteiger partial charge in [0.2, 0.25) is 0 Å². The third-order valence-electron chi connectivity index (χ3n) is 2.35. The standard InChI is InChI=1S/C12H13Br2N3OS/c1-2-5-15-12-10(16-17-19-12)7-18-11-4-3-8(13)6-9(11)14/h3-4,6,15H,2,5,7H2,1H3. The largest absolute Gasteiger partial charge is 0.486 e. The second-order valence-electron chi connectivity index (χ2n) is 3.84. The molecular formula is C12H13Br2N3OS. The molecule has 102 valence electrons. The van der Waals surface area contributed by atoms with Crippen LogP contribution >= 0.6 is 43.4 Å². The second kappa shape index (κ2) is 7.21. The lowest BCUT2D eigenvalue weighted by Crippen LogP contribution is -2.03. The lowest BCUT2D eigenvalue weighted by molar-refractivity contribution is 0.299. The van der Waals surface area contributed by atoms with E-state index in [-0.39, 0.29) is 0 Å². The minimum absolute atomic E-state index is 0.406. The monoisotopic (exact) mass is 405 g/mol. The summed E-state index contributed by atoms with van der Waals surface area (Å²) in [6, 6.07) is 5.80. The molecule has 0 unspecified atom stereocenters. The van der Waals surface area contributed by atoms with E-state index in [2.05, 4.69) is 53.7 Å². The first-order valence-corrected chi connectivity index (χ1v) is 8.19. The van der Waals surface area contributed by atoms with Crippen LogP contribution in [0.5, 0.6) is 5.75 Å². The summed E-state index contributed by atoms with van der Waals surface area (Å²) >= 11 is 8.24. The first-order chi connectivity index (χ1) is 9.20. The van der Waals surface area contributed by atoms with Gasteiger partial charge in [-0.05, 0) is 40.5 Å². The maximum Gasteiger partial charge on any atom is 0.136 e. The summed E-state index contributed by atoms with van der Waals surface area (Å²) in [6.45, 7) is 3.44. The summed E-state index contributed by atoms with van der Waals surface area (Å²) in [5.41, 5.74) is 0.841. The van der Waals surface area contributed by atoms with Crippen molar-refractivity contribution < 1.29 is 4.74 Å². The molecule has 0 bridgehead atoms. The number of hydrogen-bond donors (Lipinski definition) is 1. The number of nitrogens with one attached hydrogen (secondary N) is 1. The summed E-state index contributed by atoms with van der Waals surface area (Å²) in [6.07, 6.45) is 1.07. The van der Waals surface area contributed by atoms with Crippen molar-refractivity contribution in [1.29, 1.82) is 0 Å². The Balaban J connectivity index is 2.00. The molecule has 0 amide bonds. The van der Waals surface area contributed by atoms with Gasteiger partial charge in [0.15, 0.2) is 0 Å². The smallest absolute Gasteiger partial charge is 0.136 e. The minimum atomic E-state index is 0.406. The van der Waals surface area contributed by atoms with Crippen LogP contribution in [0.2, 0.25) is 0 Å². The topological polar surface area (TPSA) is 47.0 Å². The van der Waals surface area contributed by atoms with Crippen LogP contribution in [0.4, 0.5) is 5.00 Å². The number of nitrogens with zero attached hydrogens (tertiary/aromatic N) is 2. The zero-order valence-corrected chi connectivity index (χ0v) is 14.3. The molecule has 0 saturated carbocycles. The van der Waals surface area contributed by atoms with Gasteiger partial charge in [0, 0.05) is 22.5 Å². The SMILES string of the molecule is CCCNc1snnc1COc1ccc(Br)cc1Br. The van der Waals surface area contributed by atoms with E-state index >= 15 is 0 Å². The van der Waals surface area contributed by atoms with Gasteiger partial charge in [0.25, 0.3) is 0 Å². The molecule has 4 nitrogen and oxygen atoms in total. The van der Waals surface area contributed by atoms with Crippen LogP contribution < -0.4 is 10.1 Å². The number of hydrogen-bond acceptors (Lipinski definition) is 5. The molecule has 0 fully saturated rings. The summed E-state index contributed by atoms with van der Waals surface area (Å²) in [4.78, 5) is 0. The maximum absolute atomic E-state index is 5.75. The highest BCUT2D eigenvalue weighted by molar-refractivity contribution is 9.11. The van der Waals surface area contributed by atoms with Crippen LogP contribution in [0.1, 0.15) is 19.0 Å². The summed E-state index contributed by atoms with van der Waals surface area (Å²) < 4.78 is 11.6. The van der Waals surface area contributed by atoms with Crippen molar-refractivity contribution >= 4 is 48.4 Å². The van der Waals surface area contributed by atoms with Gasteiger partial charge in [-0.25, -0.2) is 0 Å². The van der Waals surface area contributed by atoms with Crippen LogP contribution in [0.25, 0.3) is 0 Å². The summed E-state index contributed by atoms with van der Waals surface area (Å²) in [7, 11) is 0. The highest BCUT2D eigenvalue weighted by atomic mass is 79.9. The van der Waals surface area contributed by atoms with Gasteiger partial charge in [-0.1, -0.05) is 27.3 Å². The first kappa shape index (κ1) is 14.7. The number of ether oxygens (including phenoxy) is 1. The molecule has 0 radical (unpaired) electrons. The molecule has 0 saturated heterocycles. The molecule has 2 aromatic rings. The van der Waals surface area contributed by atoms with Gasteiger partial charge in [-0.15, -0.1) is 5.10 Å². The highest BCUT2D eigenvalue weighted by Gasteiger charge is 2.09. The molecule has 0 aliphatic heterocycles. The van der Waals surface area contributed by atoms with E-state index in [0.717, 1.165) is 38.4 Å². The van der Waals surface area contributed by atoms with E-state index in [1.54, 1.807) is 0 Å². The molecule has 1 aromatic heterocycles. The number of anilines is 1. The minimum Gasteiger partial charge on any atom is -0.486 e. The molecule has 1 aromatic carbocycles. The molecule has 0 aliphatic carbocycles. The predicted octanol–water partition coefficient (Wildman–Crippen LogP) is 4.46. The van der Waals surface area contributed by atoms with Crippen molar-refractivity contribution in [2.45, 2.75) is 20.0 Å². The van der Waals surface area contributed by atoms with E-state index in [9.17, 15) is 0 Å². The Kier molecular flexibility index (Phi) is 5.59. The molecule has 7 heteroatoms. The van der Waals surface area contributed by atoms with Crippen LogP contribution in [-0.2, 0) is 6.61 Å². The van der Waals surface area contributed by atoms with Gasteiger partial charge < -0.3 is 10.1 Å². The van der Waals surface area contributed by atoms with Crippen molar-refractivity contribution in [3.05, 3.63) is 32.8 Å². The number of halogens is 2. The molecule has 0 atom stereocenters. The zero-order valence-electron chi connectivity index (χ0n) is 10.3. The van der Waals surface area contributed by atoms with Crippen molar-refractivity contribution in [3.63, 3.8) is 0 Å². The normalized spacial score (nSPS) is 10.5. The predicted molar refractivity (Wildman–Crippen MR) is 84.9 cm³/mol. The first-order valence-electron chi connectivity index (χ1n) is 5.83. The van der Waals surface area contributed by atoms with Crippen LogP contribution in [0, 0.1) is 0 Å². The molecule has 1 N–H and O–H groups in total. The van der Waals surface area contributed by atoms with E-state index in [1.165, 1.54) is 11.5 Å². The Labute approximate surface area is 133 Å². The number of aromatic nitrogens is 2. The molecule has 0 aliphatic rings. The molecule has 19 heavy (non-hydrogen) atoms. The number of benzene rings is 1. The quantitative estimate of drug-likeness (QED) is 0.768. The van der Waals surface area contributed by atoms with E-state index in [0.29, 0.717) is 6.61 Å². The van der Waals surface area contributed by atoms with Crippen molar-refractivity contribution in [1.82, 2.24) is 9.59 Å². The molecular weight excluding hydrogens is 394 g/mol. The van der Waals surface area contributed by atoms with Gasteiger partial charge in [0.05, 0.1) is 4.47 Å². The average Bonchev–Trinajstić information content (AvgIpc) is 2.83. The van der Waals surface area contributed by atoms with Crippen LogP contribution in [-0.4, -0.2) is 16.1 Å². The Bertz CT molecular complexity index is 548. The lowest BCUT2D eigenvalue weighted by atomic mass is 10.3. The van der Waals surface area contributed by atoms with Crippen LogP contribution in [0.3, 0.4) is 0 Å². The van der Waals surface area contributed by atoms with Crippen molar-refractivity contribution in [2.24, 2.45) is 0 Å². The molecule has 2 rings (SSSR count). The highest BCUT2D eigenvalue weighted by Crippen LogP contribution is 2.29. The van der Waals surface area contributed by atoms with Gasteiger partial charge in [0.1, 0.15) is 23.1 Å². The van der Waals surface area contributed by atoms with Gasteiger partial charge >= 0.3 is 0 Å². The third kappa shape index (κ3) is 4.15. The van der Waals surface area contributed by atoms with Crippen molar-refractivity contribution in [3.8, 4) is 5.75 Å².